The van der Waals surface area contributed by atoms with Gasteiger partial charge in [0.1, 0.15) is 5.69 Å². The number of rotatable bonds is 3. The summed E-state index contributed by atoms with van der Waals surface area (Å²) in [6.07, 6.45) is 0. The van der Waals surface area contributed by atoms with Crippen LogP contribution in [0.2, 0.25) is 10.0 Å². The van der Waals surface area contributed by atoms with Gasteiger partial charge >= 0.3 is 0 Å². The zero-order valence-corrected chi connectivity index (χ0v) is 12.4. The Bertz CT molecular complexity index is 865. The van der Waals surface area contributed by atoms with Crippen LogP contribution < -0.4 is 0 Å². The maximum absolute atomic E-state index is 10.7. The fraction of sp³-hybridized carbons (Fsp3) is 0. The minimum Gasteiger partial charge on any atom is -0.258 e. The SMILES string of the molecule is O=[N+]([O-])c1ccc(-n2nnc(-c3cccc(Cl)c3)n2)c(Cl)c1. The predicted octanol–water partition coefficient (Wildman–Crippen LogP) is 3.54. The molecule has 3 aromatic rings. The van der Waals surface area contributed by atoms with E-state index in [0.717, 1.165) is 0 Å². The molecule has 0 spiro atoms. The molecule has 22 heavy (non-hydrogen) atoms. The zero-order chi connectivity index (χ0) is 15.7. The summed E-state index contributed by atoms with van der Waals surface area (Å²) < 4.78 is 0. The predicted molar refractivity (Wildman–Crippen MR) is 81.3 cm³/mol. The summed E-state index contributed by atoms with van der Waals surface area (Å²) in [6, 6.07) is 11.0. The van der Waals surface area contributed by atoms with Crippen molar-refractivity contribution in [2.45, 2.75) is 0 Å². The van der Waals surface area contributed by atoms with Gasteiger partial charge in [0, 0.05) is 22.7 Å². The monoisotopic (exact) mass is 335 g/mol. The van der Waals surface area contributed by atoms with Crippen LogP contribution in [0.5, 0.6) is 0 Å². The highest BCUT2D eigenvalue weighted by atomic mass is 35.5. The molecule has 3 rings (SSSR count). The highest BCUT2D eigenvalue weighted by Crippen LogP contribution is 2.25. The van der Waals surface area contributed by atoms with Gasteiger partial charge < -0.3 is 0 Å². The second kappa shape index (κ2) is 5.70. The van der Waals surface area contributed by atoms with Gasteiger partial charge in [-0.05, 0) is 23.4 Å². The standard InChI is InChI=1S/C13H7Cl2N5O2/c14-9-3-1-2-8(6-9)13-16-18-19(17-13)12-5-4-10(20(21)22)7-11(12)15/h1-7H. The molecule has 0 N–H and O–H groups in total. The van der Waals surface area contributed by atoms with Crippen LogP contribution in [0.4, 0.5) is 5.69 Å². The average Bonchev–Trinajstić information content (AvgIpc) is 2.96. The molecular weight excluding hydrogens is 329 g/mol. The Balaban J connectivity index is 1.99. The lowest BCUT2D eigenvalue weighted by atomic mass is 10.2. The summed E-state index contributed by atoms with van der Waals surface area (Å²) in [6.45, 7) is 0. The Morgan fingerprint density at radius 1 is 1.14 bits per heavy atom. The quantitative estimate of drug-likeness (QED) is 0.539. The number of hydrogen-bond donors (Lipinski definition) is 0. The fourth-order valence-corrected chi connectivity index (χ4v) is 2.27. The summed E-state index contributed by atoms with van der Waals surface area (Å²) >= 11 is 12.0. The molecule has 9 heteroatoms. The minimum absolute atomic E-state index is 0.107. The molecule has 0 aliphatic rings. The molecular formula is C13H7Cl2N5O2. The third-order valence-corrected chi connectivity index (χ3v) is 3.39. The summed E-state index contributed by atoms with van der Waals surface area (Å²) in [5, 5.41) is 23.5. The molecule has 2 aromatic carbocycles. The lowest BCUT2D eigenvalue weighted by Crippen LogP contribution is -2.00. The highest BCUT2D eigenvalue weighted by Gasteiger charge is 2.14. The number of nitro groups is 1. The van der Waals surface area contributed by atoms with E-state index in [4.69, 9.17) is 23.2 Å². The van der Waals surface area contributed by atoms with Crippen LogP contribution in [0.3, 0.4) is 0 Å². The van der Waals surface area contributed by atoms with Crippen molar-refractivity contribution in [2.75, 3.05) is 0 Å². The van der Waals surface area contributed by atoms with Gasteiger partial charge in [0.15, 0.2) is 0 Å². The number of non-ortho nitro benzene ring substituents is 1. The molecule has 0 fully saturated rings. The van der Waals surface area contributed by atoms with Crippen molar-refractivity contribution < 1.29 is 4.92 Å². The first-order valence-corrected chi connectivity index (χ1v) is 6.80. The molecule has 7 nitrogen and oxygen atoms in total. The molecule has 0 radical (unpaired) electrons. The minimum atomic E-state index is -0.526. The molecule has 0 bridgehead atoms. The Labute approximate surface area is 134 Å². The van der Waals surface area contributed by atoms with E-state index >= 15 is 0 Å². The van der Waals surface area contributed by atoms with Gasteiger partial charge in [-0.3, -0.25) is 10.1 Å². The van der Waals surface area contributed by atoms with Gasteiger partial charge in [-0.1, -0.05) is 35.3 Å². The summed E-state index contributed by atoms with van der Waals surface area (Å²) in [7, 11) is 0. The van der Waals surface area contributed by atoms with Gasteiger partial charge in [-0.15, -0.1) is 15.0 Å². The Morgan fingerprint density at radius 3 is 2.64 bits per heavy atom. The molecule has 0 saturated carbocycles. The van der Waals surface area contributed by atoms with Crippen LogP contribution in [0.25, 0.3) is 17.1 Å². The van der Waals surface area contributed by atoms with Crippen molar-refractivity contribution in [3.05, 3.63) is 62.6 Å². The largest absolute Gasteiger partial charge is 0.271 e. The Hall–Kier alpha value is -2.51. The molecule has 0 atom stereocenters. The lowest BCUT2D eigenvalue weighted by Gasteiger charge is -2.01. The smallest absolute Gasteiger partial charge is 0.258 e. The molecule has 110 valence electrons. The number of nitro benzene ring substituents is 1. The van der Waals surface area contributed by atoms with E-state index in [0.29, 0.717) is 22.1 Å². The van der Waals surface area contributed by atoms with Crippen molar-refractivity contribution in [2.24, 2.45) is 0 Å². The van der Waals surface area contributed by atoms with Gasteiger partial charge in [0.25, 0.3) is 5.69 Å². The van der Waals surface area contributed by atoms with Gasteiger partial charge in [0.05, 0.1) is 9.95 Å². The van der Waals surface area contributed by atoms with Crippen LogP contribution in [-0.4, -0.2) is 25.1 Å². The molecule has 1 heterocycles. The van der Waals surface area contributed by atoms with Gasteiger partial charge in [-0.2, -0.15) is 0 Å². The van der Waals surface area contributed by atoms with Crippen LogP contribution in [-0.2, 0) is 0 Å². The van der Waals surface area contributed by atoms with E-state index < -0.39 is 4.92 Å². The number of hydrogen-bond acceptors (Lipinski definition) is 5. The topological polar surface area (TPSA) is 86.7 Å². The van der Waals surface area contributed by atoms with E-state index in [1.165, 1.54) is 23.0 Å². The highest BCUT2D eigenvalue weighted by molar-refractivity contribution is 6.32. The van der Waals surface area contributed by atoms with Crippen molar-refractivity contribution in [3.63, 3.8) is 0 Å². The van der Waals surface area contributed by atoms with Gasteiger partial charge in [-0.25, -0.2) is 0 Å². The number of halogens is 2. The maximum Gasteiger partial charge on any atom is 0.271 e. The number of aromatic nitrogens is 4. The second-order valence-electron chi connectivity index (χ2n) is 4.31. The first kappa shape index (κ1) is 14.4. The van der Waals surface area contributed by atoms with E-state index in [-0.39, 0.29) is 10.7 Å². The summed E-state index contributed by atoms with van der Waals surface area (Å²) in [5.74, 6) is 0.372. The zero-order valence-electron chi connectivity index (χ0n) is 10.8. The molecule has 0 aliphatic carbocycles. The Morgan fingerprint density at radius 2 is 1.95 bits per heavy atom. The molecule has 0 unspecified atom stereocenters. The maximum atomic E-state index is 10.7. The third-order valence-electron chi connectivity index (χ3n) is 2.85. The van der Waals surface area contributed by atoms with E-state index in [9.17, 15) is 10.1 Å². The lowest BCUT2D eigenvalue weighted by molar-refractivity contribution is -0.384. The summed E-state index contributed by atoms with van der Waals surface area (Å²) in [5.41, 5.74) is 0.994. The van der Waals surface area contributed by atoms with Crippen molar-refractivity contribution in [1.82, 2.24) is 20.2 Å². The van der Waals surface area contributed by atoms with Crippen molar-refractivity contribution in [1.29, 1.82) is 0 Å². The molecule has 0 amide bonds. The van der Waals surface area contributed by atoms with Crippen LogP contribution in [0, 0.1) is 10.1 Å². The first-order chi connectivity index (χ1) is 10.5. The fourth-order valence-electron chi connectivity index (χ4n) is 1.83. The van der Waals surface area contributed by atoms with Crippen LogP contribution in [0.1, 0.15) is 0 Å². The van der Waals surface area contributed by atoms with E-state index in [1.807, 2.05) is 0 Å². The van der Waals surface area contributed by atoms with Crippen LogP contribution in [0.15, 0.2) is 42.5 Å². The number of benzene rings is 2. The van der Waals surface area contributed by atoms with Crippen molar-refractivity contribution in [3.8, 4) is 17.1 Å². The second-order valence-corrected chi connectivity index (χ2v) is 5.15. The molecule has 0 aliphatic heterocycles. The average molecular weight is 336 g/mol. The Kier molecular flexibility index (Phi) is 3.74. The van der Waals surface area contributed by atoms with E-state index in [1.54, 1.807) is 24.3 Å². The van der Waals surface area contributed by atoms with Crippen LogP contribution >= 0.6 is 23.2 Å². The third kappa shape index (κ3) is 2.76. The number of tetrazole rings is 1. The number of nitrogens with zero attached hydrogens (tertiary/aromatic N) is 5. The molecule has 1 aromatic heterocycles. The first-order valence-electron chi connectivity index (χ1n) is 6.05. The summed E-state index contributed by atoms with van der Waals surface area (Å²) in [4.78, 5) is 11.4. The molecule has 0 saturated heterocycles. The van der Waals surface area contributed by atoms with Crippen molar-refractivity contribution >= 4 is 28.9 Å². The van der Waals surface area contributed by atoms with E-state index in [2.05, 4.69) is 15.4 Å². The normalized spacial score (nSPS) is 10.6. The van der Waals surface area contributed by atoms with Gasteiger partial charge in [0.2, 0.25) is 5.82 Å².